The number of likely N-dealkylation sites (N-methyl/N-ethyl adjacent to an activating group) is 1. The van der Waals surface area contributed by atoms with E-state index in [1.807, 2.05) is 20.8 Å². The zero-order chi connectivity index (χ0) is 17.8. The number of quaternary nitrogens is 1. The number of halogens is 3. The molecule has 0 fully saturated rings. The van der Waals surface area contributed by atoms with Gasteiger partial charge in [-0.1, -0.05) is 44.0 Å². The van der Waals surface area contributed by atoms with Gasteiger partial charge in [-0.05, 0) is 32.0 Å². The van der Waals surface area contributed by atoms with Crippen molar-refractivity contribution in [3.05, 3.63) is 28.2 Å². The van der Waals surface area contributed by atoms with Crippen molar-refractivity contribution in [2.24, 2.45) is 5.41 Å². The zero-order valence-electron chi connectivity index (χ0n) is 15.3. The molecule has 0 spiro atoms. The van der Waals surface area contributed by atoms with E-state index in [1.54, 1.807) is 18.2 Å². The normalized spacial score (nSPS) is 13.2. The first kappa shape index (κ1) is 24.0. The van der Waals surface area contributed by atoms with Crippen molar-refractivity contribution < 1.29 is 38.0 Å². The topological polar surface area (TPSA) is 26.3 Å². The van der Waals surface area contributed by atoms with Crippen LogP contribution in [-0.2, 0) is 4.79 Å². The minimum Gasteiger partial charge on any atom is -1.00 e. The molecule has 3 nitrogen and oxygen atoms in total. The van der Waals surface area contributed by atoms with Gasteiger partial charge in [0, 0.05) is 10.4 Å². The van der Waals surface area contributed by atoms with Crippen LogP contribution in [0.25, 0.3) is 0 Å². The van der Waals surface area contributed by atoms with Gasteiger partial charge in [0.05, 0.1) is 25.2 Å². The van der Waals surface area contributed by atoms with E-state index in [9.17, 15) is 4.79 Å². The van der Waals surface area contributed by atoms with Crippen molar-refractivity contribution in [3.63, 3.8) is 0 Å². The summed E-state index contributed by atoms with van der Waals surface area (Å²) in [6, 6.07) is 5.07. The maximum atomic E-state index is 12.9. The predicted molar refractivity (Wildman–Crippen MR) is 97.5 cm³/mol. The summed E-state index contributed by atoms with van der Waals surface area (Å²) in [5.41, 5.74) is -0.476. The van der Waals surface area contributed by atoms with Crippen LogP contribution in [-0.4, -0.2) is 43.1 Å². The van der Waals surface area contributed by atoms with Crippen LogP contribution < -0.4 is 28.7 Å². The molecule has 0 aromatic heterocycles. The second-order valence-electron chi connectivity index (χ2n) is 7.23. The molecular weight excluding hydrogens is 460 g/mol. The molecule has 0 N–H and O–H groups in total. The molecule has 0 aliphatic rings. The molecule has 24 heavy (non-hydrogen) atoms. The number of ketones is 1. The predicted octanol–water partition coefficient (Wildman–Crippen LogP) is 1.85. The minimum atomic E-state index is -0.543. The van der Waals surface area contributed by atoms with E-state index in [2.05, 4.69) is 20.9 Å². The quantitative estimate of drug-likeness (QED) is 0.433. The molecule has 0 aliphatic carbocycles. The molecule has 138 valence electrons. The second kappa shape index (κ2) is 9.60. The average molecular weight is 488 g/mol. The molecule has 1 unspecified atom stereocenters. The molecule has 1 rings (SSSR count). The van der Waals surface area contributed by atoms with Crippen molar-refractivity contribution in [3.8, 4) is 5.75 Å². The monoisotopic (exact) mass is 487 g/mol. The molecule has 0 saturated carbocycles. The molecule has 0 aliphatic heterocycles. The fraction of sp³-hybridized carbons (Fsp3) is 0.611. The molecule has 6 heteroatoms. The highest BCUT2D eigenvalue weighted by molar-refractivity contribution is 6.35. The van der Waals surface area contributed by atoms with E-state index in [0.29, 0.717) is 22.3 Å². The summed E-state index contributed by atoms with van der Waals surface area (Å²) in [5.74, 6) is 0.576. The van der Waals surface area contributed by atoms with Crippen LogP contribution in [0.5, 0.6) is 5.75 Å². The van der Waals surface area contributed by atoms with Crippen molar-refractivity contribution in [1.82, 2.24) is 0 Å². The van der Waals surface area contributed by atoms with Gasteiger partial charge in [-0.25, -0.2) is 0 Å². The van der Waals surface area contributed by atoms with Crippen LogP contribution in [0.2, 0.25) is 10.0 Å². The first-order valence-electron chi connectivity index (χ1n) is 8.02. The molecule has 0 bridgehead atoms. The maximum Gasteiger partial charge on any atom is 0.205 e. The largest absolute Gasteiger partial charge is 1.00 e. The Morgan fingerprint density at radius 3 is 2.17 bits per heavy atom. The number of carbonyl (C=O) groups excluding carboxylic acids is 1. The lowest BCUT2D eigenvalue weighted by molar-refractivity contribution is -0.907. The smallest absolute Gasteiger partial charge is 0.205 e. The Kier molecular flexibility index (Phi) is 9.58. The maximum absolute atomic E-state index is 12.9. The van der Waals surface area contributed by atoms with Gasteiger partial charge in [-0.3, -0.25) is 4.79 Å². The zero-order valence-corrected chi connectivity index (χ0v) is 19.0. The fourth-order valence-corrected chi connectivity index (χ4v) is 2.72. The molecule has 0 heterocycles. The van der Waals surface area contributed by atoms with Gasteiger partial charge in [-0.15, -0.1) is 0 Å². The standard InChI is InChI=1S/C18H28Cl2NO2.HI/c1-7-21(6,8-2)12-16(17(22)18(3,4)5)23-15-10-9-13(19)11-14(15)20;/h9-11,16H,7-8,12H2,1-6H3;1H/q+1;/p-1. The molecule has 1 atom stereocenters. The summed E-state index contributed by atoms with van der Waals surface area (Å²) in [6.45, 7) is 12.5. The molecule has 0 saturated heterocycles. The number of nitrogens with zero attached hydrogens (tertiary/aromatic N) is 1. The summed E-state index contributed by atoms with van der Waals surface area (Å²) in [6.07, 6.45) is -0.543. The van der Waals surface area contributed by atoms with Gasteiger partial charge >= 0.3 is 0 Å². The first-order chi connectivity index (χ1) is 10.5. The van der Waals surface area contributed by atoms with Crippen LogP contribution in [0, 0.1) is 5.41 Å². The Hall–Kier alpha value is -0.0400. The Balaban J connectivity index is 0.00000529. The van der Waals surface area contributed by atoms with Crippen LogP contribution >= 0.6 is 23.2 Å². The van der Waals surface area contributed by atoms with Crippen molar-refractivity contribution in [2.45, 2.75) is 40.7 Å². The second-order valence-corrected chi connectivity index (χ2v) is 8.07. The Bertz CT molecular complexity index is 554. The SMILES string of the molecule is CC[N+](C)(CC)CC(Oc1ccc(Cl)cc1Cl)C(=O)C(C)(C)C.[I-]. The molecule has 1 aromatic rings. The third-order valence-electron chi connectivity index (χ3n) is 4.33. The Labute approximate surface area is 173 Å². The van der Waals surface area contributed by atoms with Crippen LogP contribution in [0.1, 0.15) is 34.6 Å². The first-order valence-corrected chi connectivity index (χ1v) is 8.77. The van der Waals surface area contributed by atoms with E-state index in [-0.39, 0.29) is 29.8 Å². The van der Waals surface area contributed by atoms with Gasteiger partial charge in [0.25, 0.3) is 0 Å². The summed E-state index contributed by atoms with van der Waals surface area (Å²) >= 11 is 12.1. The summed E-state index contributed by atoms with van der Waals surface area (Å²) in [4.78, 5) is 12.9. The number of ether oxygens (including phenoxy) is 1. The average Bonchev–Trinajstić information content (AvgIpc) is 2.47. The lowest BCUT2D eigenvalue weighted by atomic mass is 9.87. The number of Topliss-reactive ketones (excluding diaryl/α,β-unsaturated/α-hetero) is 1. The Morgan fingerprint density at radius 1 is 1.21 bits per heavy atom. The van der Waals surface area contributed by atoms with Crippen LogP contribution in [0.3, 0.4) is 0 Å². The number of carbonyl (C=O) groups is 1. The fourth-order valence-electron chi connectivity index (χ4n) is 2.26. The lowest BCUT2D eigenvalue weighted by Crippen LogP contribution is -3.00. The van der Waals surface area contributed by atoms with Crippen molar-refractivity contribution in [1.29, 1.82) is 0 Å². The highest BCUT2D eigenvalue weighted by atomic mass is 127. The molecule has 1 aromatic carbocycles. The molecule has 0 amide bonds. The summed E-state index contributed by atoms with van der Waals surface area (Å²) in [5, 5.41) is 0.968. The van der Waals surface area contributed by atoms with Gasteiger partial charge < -0.3 is 33.2 Å². The van der Waals surface area contributed by atoms with E-state index < -0.39 is 11.5 Å². The number of rotatable bonds is 7. The van der Waals surface area contributed by atoms with Crippen LogP contribution in [0.15, 0.2) is 18.2 Å². The minimum absolute atomic E-state index is 0. The van der Waals surface area contributed by atoms with Gasteiger partial charge in [0.2, 0.25) is 6.10 Å². The number of hydrogen-bond donors (Lipinski definition) is 0. The van der Waals surface area contributed by atoms with Gasteiger partial charge in [0.1, 0.15) is 12.3 Å². The van der Waals surface area contributed by atoms with Crippen LogP contribution in [0.4, 0.5) is 0 Å². The highest BCUT2D eigenvalue weighted by Crippen LogP contribution is 2.30. The number of hydrogen-bond acceptors (Lipinski definition) is 2. The van der Waals surface area contributed by atoms with Gasteiger partial charge in [-0.2, -0.15) is 0 Å². The summed E-state index contributed by atoms with van der Waals surface area (Å²) < 4.78 is 6.79. The van der Waals surface area contributed by atoms with Crippen molar-refractivity contribution in [2.75, 3.05) is 26.7 Å². The van der Waals surface area contributed by atoms with E-state index >= 15 is 0 Å². The summed E-state index contributed by atoms with van der Waals surface area (Å²) in [7, 11) is 2.13. The molecular formula is C18H28Cl2INO2. The molecule has 0 radical (unpaired) electrons. The van der Waals surface area contributed by atoms with E-state index in [4.69, 9.17) is 27.9 Å². The van der Waals surface area contributed by atoms with E-state index in [0.717, 1.165) is 17.6 Å². The van der Waals surface area contributed by atoms with E-state index in [1.165, 1.54) is 0 Å². The van der Waals surface area contributed by atoms with Gasteiger partial charge in [0.15, 0.2) is 5.78 Å². The third kappa shape index (κ3) is 6.70. The lowest BCUT2D eigenvalue weighted by Gasteiger charge is -2.36. The van der Waals surface area contributed by atoms with Crippen molar-refractivity contribution >= 4 is 29.0 Å². The highest BCUT2D eigenvalue weighted by Gasteiger charge is 2.36. The third-order valence-corrected chi connectivity index (χ3v) is 4.86. The Morgan fingerprint density at radius 2 is 1.75 bits per heavy atom. The number of benzene rings is 1.